The molecule has 2 aliphatic heterocycles. The van der Waals surface area contributed by atoms with Crippen molar-refractivity contribution < 1.29 is 22.5 Å². The molecule has 1 amide bonds. The summed E-state index contributed by atoms with van der Waals surface area (Å²) >= 11 is 0. The zero-order valence-corrected chi connectivity index (χ0v) is 13.7. The zero-order chi connectivity index (χ0) is 16.3. The summed E-state index contributed by atoms with van der Waals surface area (Å²) < 4.78 is 33.3. The average Bonchev–Trinajstić information content (AvgIpc) is 3.12. The highest BCUT2D eigenvalue weighted by Gasteiger charge is 2.28. The number of aromatic nitrogens is 1. The number of carbonyl (C=O) groups is 1. The van der Waals surface area contributed by atoms with Crippen LogP contribution in [0.1, 0.15) is 22.7 Å². The molecule has 1 aromatic rings. The minimum absolute atomic E-state index is 0.0105. The Morgan fingerprint density at radius 2 is 2.17 bits per heavy atom. The lowest BCUT2D eigenvalue weighted by Gasteiger charge is -2.25. The number of sulfone groups is 1. The van der Waals surface area contributed by atoms with E-state index in [2.05, 4.69) is 15.4 Å². The topological polar surface area (TPSA) is 102 Å². The number of morpholine rings is 1. The van der Waals surface area contributed by atoms with Gasteiger partial charge in [0.2, 0.25) is 0 Å². The molecule has 2 fully saturated rings. The predicted octanol–water partition coefficient (Wildman–Crippen LogP) is -0.329. The second-order valence-corrected chi connectivity index (χ2v) is 8.27. The SMILES string of the molecule is O=C(NC[C@@H]1CCS(=O)(=O)C1)c1cc(CN2CCOCC2)on1. The van der Waals surface area contributed by atoms with Gasteiger partial charge in [0, 0.05) is 25.7 Å². The third kappa shape index (κ3) is 4.52. The van der Waals surface area contributed by atoms with Gasteiger partial charge >= 0.3 is 0 Å². The summed E-state index contributed by atoms with van der Waals surface area (Å²) in [5, 5.41) is 6.53. The zero-order valence-electron chi connectivity index (χ0n) is 12.9. The highest BCUT2D eigenvalue weighted by atomic mass is 32.2. The van der Waals surface area contributed by atoms with Gasteiger partial charge in [-0.3, -0.25) is 9.69 Å². The van der Waals surface area contributed by atoms with Crippen molar-refractivity contribution in [2.45, 2.75) is 13.0 Å². The van der Waals surface area contributed by atoms with Crippen molar-refractivity contribution in [3.05, 3.63) is 17.5 Å². The van der Waals surface area contributed by atoms with Crippen molar-refractivity contribution in [2.75, 3.05) is 44.4 Å². The van der Waals surface area contributed by atoms with Crippen LogP contribution in [0.3, 0.4) is 0 Å². The maximum atomic E-state index is 12.1. The van der Waals surface area contributed by atoms with Crippen molar-refractivity contribution in [3.8, 4) is 0 Å². The molecule has 23 heavy (non-hydrogen) atoms. The van der Waals surface area contributed by atoms with Gasteiger partial charge in [-0.1, -0.05) is 5.16 Å². The van der Waals surface area contributed by atoms with Gasteiger partial charge in [0.15, 0.2) is 21.3 Å². The van der Waals surface area contributed by atoms with Crippen LogP contribution in [0.25, 0.3) is 0 Å². The normalized spacial score (nSPS) is 24.6. The summed E-state index contributed by atoms with van der Waals surface area (Å²) in [5.41, 5.74) is 0.231. The van der Waals surface area contributed by atoms with Gasteiger partial charge in [0.1, 0.15) is 0 Å². The number of rotatable bonds is 5. The molecule has 0 radical (unpaired) electrons. The van der Waals surface area contributed by atoms with E-state index < -0.39 is 9.84 Å². The summed E-state index contributed by atoms with van der Waals surface area (Å²) in [6.07, 6.45) is 0.601. The first-order chi connectivity index (χ1) is 11.0. The lowest BCUT2D eigenvalue weighted by molar-refractivity contribution is 0.0305. The first-order valence-electron chi connectivity index (χ1n) is 7.76. The van der Waals surface area contributed by atoms with E-state index in [0.717, 1.165) is 13.1 Å². The molecule has 128 valence electrons. The van der Waals surface area contributed by atoms with Gasteiger partial charge in [-0.25, -0.2) is 8.42 Å². The monoisotopic (exact) mass is 343 g/mol. The quantitative estimate of drug-likeness (QED) is 0.781. The Bertz CT molecular complexity index is 651. The van der Waals surface area contributed by atoms with Crippen LogP contribution >= 0.6 is 0 Å². The molecule has 0 bridgehead atoms. The van der Waals surface area contributed by atoms with Crippen molar-refractivity contribution in [1.82, 2.24) is 15.4 Å². The summed E-state index contributed by atoms with van der Waals surface area (Å²) in [5.74, 6) is 0.658. The van der Waals surface area contributed by atoms with Crippen LogP contribution in [0, 0.1) is 5.92 Å². The van der Waals surface area contributed by atoms with Crippen LogP contribution in [-0.2, 0) is 21.1 Å². The molecule has 1 N–H and O–H groups in total. The minimum atomic E-state index is -2.92. The van der Waals surface area contributed by atoms with E-state index in [0.29, 0.717) is 38.5 Å². The first kappa shape index (κ1) is 16.4. The second kappa shape index (κ2) is 6.98. The Labute approximate surface area is 135 Å². The molecule has 0 spiro atoms. The molecule has 8 nitrogen and oxygen atoms in total. The minimum Gasteiger partial charge on any atom is -0.379 e. The lowest BCUT2D eigenvalue weighted by Crippen LogP contribution is -2.35. The van der Waals surface area contributed by atoms with Crippen LogP contribution < -0.4 is 5.32 Å². The van der Waals surface area contributed by atoms with Gasteiger partial charge < -0.3 is 14.6 Å². The Hall–Kier alpha value is -1.45. The Morgan fingerprint density at radius 1 is 1.39 bits per heavy atom. The average molecular weight is 343 g/mol. The molecule has 0 saturated carbocycles. The summed E-state index contributed by atoms with van der Waals surface area (Å²) in [6.45, 7) is 4.02. The van der Waals surface area contributed by atoms with E-state index in [4.69, 9.17) is 9.26 Å². The van der Waals surface area contributed by atoms with Crippen molar-refractivity contribution in [1.29, 1.82) is 0 Å². The highest BCUT2D eigenvalue weighted by Crippen LogP contribution is 2.17. The molecule has 0 unspecified atom stereocenters. The molecule has 1 atom stereocenters. The lowest BCUT2D eigenvalue weighted by atomic mass is 10.1. The molecule has 1 aromatic heterocycles. The molecule has 3 heterocycles. The van der Waals surface area contributed by atoms with Gasteiger partial charge in [-0.15, -0.1) is 0 Å². The molecular weight excluding hydrogens is 322 g/mol. The fourth-order valence-electron chi connectivity index (χ4n) is 2.83. The predicted molar refractivity (Wildman–Crippen MR) is 81.7 cm³/mol. The van der Waals surface area contributed by atoms with Gasteiger partial charge in [-0.05, 0) is 12.3 Å². The molecule has 0 aliphatic carbocycles. The Balaban J connectivity index is 1.48. The second-order valence-electron chi connectivity index (χ2n) is 6.05. The van der Waals surface area contributed by atoms with Crippen molar-refractivity contribution >= 4 is 15.7 Å². The van der Waals surface area contributed by atoms with Gasteiger partial charge in [0.25, 0.3) is 5.91 Å². The van der Waals surface area contributed by atoms with Crippen molar-refractivity contribution in [2.24, 2.45) is 5.92 Å². The van der Waals surface area contributed by atoms with Crippen molar-refractivity contribution in [3.63, 3.8) is 0 Å². The molecule has 2 saturated heterocycles. The first-order valence-corrected chi connectivity index (χ1v) is 9.58. The highest BCUT2D eigenvalue weighted by molar-refractivity contribution is 7.91. The Kier molecular flexibility index (Phi) is 4.98. The standard InChI is InChI=1S/C14H21N3O5S/c18-14(15-8-11-1-6-23(19,20)10-11)13-7-12(22-16-13)9-17-2-4-21-5-3-17/h7,11H,1-6,8-10H2,(H,15,18)/t11-/m0/s1. The molecular formula is C14H21N3O5S. The van der Waals surface area contributed by atoms with Crippen LogP contribution in [0.15, 0.2) is 10.6 Å². The third-order valence-corrected chi connectivity index (χ3v) is 5.99. The van der Waals surface area contributed by atoms with E-state index >= 15 is 0 Å². The van der Waals surface area contributed by atoms with Crippen LogP contribution in [0.4, 0.5) is 0 Å². The molecule has 2 aliphatic rings. The fraction of sp³-hybridized carbons (Fsp3) is 0.714. The van der Waals surface area contributed by atoms with E-state index in [1.165, 1.54) is 0 Å². The molecule has 9 heteroatoms. The summed E-state index contributed by atoms with van der Waals surface area (Å²) in [6, 6.07) is 1.64. The number of nitrogens with zero attached hydrogens (tertiary/aromatic N) is 2. The smallest absolute Gasteiger partial charge is 0.273 e. The third-order valence-electron chi connectivity index (χ3n) is 4.15. The van der Waals surface area contributed by atoms with Gasteiger partial charge in [0.05, 0.1) is 31.3 Å². The number of amides is 1. The largest absolute Gasteiger partial charge is 0.379 e. The van der Waals surface area contributed by atoms with Crippen LogP contribution in [0.2, 0.25) is 0 Å². The number of ether oxygens (including phenoxy) is 1. The van der Waals surface area contributed by atoms with Crippen LogP contribution in [0.5, 0.6) is 0 Å². The van der Waals surface area contributed by atoms with E-state index in [-0.39, 0.29) is 29.0 Å². The summed E-state index contributed by atoms with van der Waals surface area (Å²) in [7, 11) is -2.92. The van der Waals surface area contributed by atoms with E-state index in [1.807, 2.05) is 0 Å². The molecule has 0 aromatic carbocycles. The molecule has 3 rings (SSSR count). The maximum Gasteiger partial charge on any atom is 0.273 e. The number of hydrogen-bond donors (Lipinski definition) is 1. The van der Waals surface area contributed by atoms with Gasteiger partial charge in [-0.2, -0.15) is 0 Å². The van der Waals surface area contributed by atoms with E-state index in [1.54, 1.807) is 6.07 Å². The number of hydrogen-bond acceptors (Lipinski definition) is 7. The maximum absolute atomic E-state index is 12.1. The number of nitrogens with one attached hydrogen (secondary N) is 1. The van der Waals surface area contributed by atoms with E-state index in [9.17, 15) is 13.2 Å². The fourth-order valence-corrected chi connectivity index (χ4v) is 4.70. The number of carbonyl (C=O) groups excluding carboxylic acids is 1. The summed E-state index contributed by atoms with van der Waals surface area (Å²) in [4.78, 5) is 14.2. The Morgan fingerprint density at radius 3 is 2.87 bits per heavy atom. The van der Waals surface area contributed by atoms with Crippen LogP contribution in [-0.4, -0.2) is 68.7 Å².